The monoisotopic (exact) mass is 701 g/mol. The molecular weight excluding hydrogens is 654 g/mol. The number of rotatable bonds is 9. The molecule has 4 aliphatic rings. The molecule has 0 unspecified atom stereocenters. The fourth-order valence-corrected chi connectivity index (χ4v) is 8.01. The van der Waals surface area contributed by atoms with Crippen LogP contribution in [0.15, 0.2) is 78.9 Å². The van der Waals surface area contributed by atoms with Crippen LogP contribution in [0.1, 0.15) is 44.8 Å². The van der Waals surface area contributed by atoms with Gasteiger partial charge in [0.25, 0.3) is 5.91 Å². The minimum absolute atomic E-state index is 0.0553. The van der Waals surface area contributed by atoms with E-state index in [1.54, 1.807) is 60.6 Å². The van der Waals surface area contributed by atoms with Crippen molar-refractivity contribution in [2.24, 2.45) is 17.8 Å². The molecule has 0 aliphatic carbocycles. The van der Waals surface area contributed by atoms with Gasteiger partial charge >= 0.3 is 5.97 Å². The van der Waals surface area contributed by atoms with Gasteiger partial charge in [0.15, 0.2) is 0 Å². The number of nitrogens with one attached hydrogen (secondary N) is 1. The second kappa shape index (κ2) is 15.4. The van der Waals surface area contributed by atoms with Crippen molar-refractivity contribution in [2.75, 3.05) is 38.9 Å². The molecule has 2 saturated heterocycles. The zero-order valence-corrected chi connectivity index (χ0v) is 29.5. The van der Waals surface area contributed by atoms with Gasteiger partial charge in [-0.3, -0.25) is 19.2 Å². The van der Waals surface area contributed by atoms with E-state index in [0.717, 1.165) is 0 Å². The first kappa shape index (κ1) is 36.3. The van der Waals surface area contributed by atoms with Crippen LogP contribution in [0.4, 0.5) is 5.69 Å². The third kappa shape index (κ3) is 6.92. The summed E-state index contributed by atoms with van der Waals surface area (Å²) in [5.41, 5.74) is -0.295. The summed E-state index contributed by atoms with van der Waals surface area (Å²) in [6.07, 6.45) is 6.30. The number of aliphatic hydroxyl groups excluding tert-OH is 1. The quantitative estimate of drug-likeness (QED) is 0.297. The SMILES string of the molecule is COC[C@@H]1NC(=O)CC/C=C\CN(c2ccc(OC)cc2)C(=O)[C@H]2N([C@@H](CO)CC(C)C)C(=O)[C@@H]3[C@@H](C(=O)O[C@H]1c1ccccc1)[C@H]1C=C[C@]32O1. The van der Waals surface area contributed by atoms with Crippen molar-refractivity contribution in [3.05, 3.63) is 84.5 Å². The molecule has 0 aromatic heterocycles. The molecule has 51 heavy (non-hydrogen) atoms. The summed E-state index contributed by atoms with van der Waals surface area (Å²) in [5, 5.41) is 13.7. The molecule has 2 fully saturated rings. The Hall–Kier alpha value is -4.52. The molecule has 4 aliphatic heterocycles. The van der Waals surface area contributed by atoms with Crippen molar-refractivity contribution in [3.63, 3.8) is 0 Å². The topological polar surface area (TPSA) is 144 Å². The Labute approximate surface area is 298 Å². The third-order valence-corrected chi connectivity index (χ3v) is 10.2. The predicted molar refractivity (Wildman–Crippen MR) is 187 cm³/mol. The molecule has 272 valence electrons. The van der Waals surface area contributed by atoms with Gasteiger partial charge < -0.3 is 39.2 Å². The standard InChI is InChI=1S/C39H47N3O9/c1-24(2)21-27(22-43)42-35-37(46)41(26-14-16-28(49-4)17-15-26)20-10-6-9-13-31(44)40-29(23-48-3)34(25-11-7-5-8-12-25)50-38(47)32-30-18-19-39(35,51-30)33(32)36(42)45/h5-8,10-12,14-19,24,27,29-30,32-35,43H,9,13,20-23H2,1-4H3,(H,40,44)/b10-6-/t27-,29+,30-,32+,33+,34+,35-,39+/m1/s1. The number of fused-ring (bicyclic) bond motifs is 2. The van der Waals surface area contributed by atoms with Crippen LogP contribution in [-0.2, 0) is 33.4 Å². The van der Waals surface area contributed by atoms with Crippen LogP contribution in [0.2, 0.25) is 0 Å². The highest BCUT2D eigenvalue weighted by Gasteiger charge is 2.74. The number of anilines is 1. The number of nitrogens with zero attached hydrogens (tertiary/aromatic N) is 2. The first-order valence-corrected chi connectivity index (χ1v) is 17.6. The zero-order valence-electron chi connectivity index (χ0n) is 29.5. The molecule has 2 aromatic rings. The average Bonchev–Trinajstić information content (AvgIpc) is 3.78. The van der Waals surface area contributed by atoms with Gasteiger partial charge in [0.2, 0.25) is 11.8 Å². The number of ether oxygens (including phenoxy) is 4. The molecule has 1 spiro atoms. The normalized spacial score (nSPS) is 30.7. The van der Waals surface area contributed by atoms with E-state index < -0.39 is 65.6 Å². The first-order valence-electron chi connectivity index (χ1n) is 17.6. The van der Waals surface area contributed by atoms with Gasteiger partial charge in [-0.25, -0.2) is 0 Å². The van der Waals surface area contributed by atoms with E-state index in [-0.39, 0.29) is 38.0 Å². The Bertz CT molecular complexity index is 1640. The molecule has 12 heteroatoms. The molecule has 4 heterocycles. The number of benzene rings is 2. The summed E-state index contributed by atoms with van der Waals surface area (Å²) >= 11 is 0. The van der Waals surface area contributed by atoms with Gasteiger partial charge in [0, 0.05) is 25.8 Å². The van der Waals surface area contributed by atoms with Crippen molar-refractivity contribution < 1.29 is 43.2 Å². The summed E-state index contributed by atoms with van der Waals surface area (Å²) < 4.78 is 23.7. The highest BCUT2D eigenvalue weighted by atomic mass is 16.6. The Balaban J connectivity index is 1.48. The molecule has 8 atom stereocenters. The second-order valence-electron chi connectivity index (χ2n) is 14.0. The lowest BCUT2D eigenvalue weighted by Gasteiger charge is -2.39. The van der Waals surface area contributed by atoms with E-state index >= 15 is 4.79 Å². The Morgan fingerprint density at radius 1 is 1.00 bits per heavy atom. The second-order valence-corrected chi connectivity index (χ2v) is 14.0. The maximum Gasteiger partial charge on any atom is 0.313 e. The number of carbonyl (C=O) groups excluding carboxylic acids is 4. The maximum atomic E-state index is 15.1. The average molecular weight is 702 g/mol. The van der Waals surface area contributed by atoms with E-state index in [1.807, 2.05) is 44.2 Å². The van der Waals surface area contributed by atoms with E-state index in [4.69, 9.17) is 18.9 Å². The maximum absolute atomic E-state index is 15.1. The van der Waals surface area contributed by atoms with Gasteiger partial charge in [-0.1, -0.05) is 68.5 Å². The predicted octanol–water partition coefficient (Wildman–Crippen LogP) is 3.35. The Morgan fingerprint density at radius 2 is 1.75 bits per heavy atom. The minimum atomic E-state index is -1.49. The molecule has 12 nitrogen and oxygen atoms in total. The lowest BCUT2D eigenvalue weighted by Crippen LogP contribution is -2.59. The molecule has 3 amide bonds. The number of hydrogen-bond donors (Lipinski definition) is 2. The highest BCUT2D eigenvalue weighted by molar-refractivity contribution is 6.05. The largest absolute Gasteiger partial charge is 0.497 e. The highest BCUT2D eigenvalue weighted by Crippen LogP contribution is 2.56. The Morgan fingerprint density at radius 3 is 2.41 bits per heavy atom. The van der Waals surface area contributed by atoms with Crippen molar-refractivity contribution in [1.29, 1.82) is 0 Å². The van der Waals surface area contributed by atoms with Crippen LogP contribution in [0.5, 0.6) is 5.75 Å². The molecule has 0 radical (unpaired) electrons. The lowest BCUT2D eigenvalue weighted by molar-refractivity contribution is -0.162. The minimum Gasteiger partial charge on any atom is -0.497 e. The summed E-state index contributed by atoms with van der Waals surface area (Å²) in [6.45, 7) is 3.77. The Kier molecular flexibility index (Phi) is 10.9. The molecule has 5 bridgehead atoms. The molecule has 2 N–H and O–H groups in total. The smallest absolute Gasteiger partial charge is 0.313 e. The number of esters is 1. The number of hydrogen-bond acceptors (Lipinski definition) is 9. The zero-order chi connectivity index (χ0) is 36.3. The number of aliphatic hydroxyl groups is 1. The van der Waals surface area contributed by atoms with Crippen LogP contribution in [0.25, 0.3) is 0 Å². The summed E-state index contributed by atoms with van der Waals surface area (Å²) in [5.74, 6) is -3.32. The van der Waals surface area contributed by atoms with Crippen LogP contribution in [0.3, 0.4) is 0 Å². The summed E-state index contributed by atoms with van der Waals surface area (Å²) in [7, 11) is 3.06. The van der Waals surface area contributed by atoms with Crippen molar-refractivity contribution in [3.8, 4) is 5.75 Å². The van der Waals surface area contributed by atoms with E-state index in [9.17, 15) is 19.5 Å². The fraction of sp³-hybridized carbons (Fsp3) is 0.487. The number of methoxy groups -OCH3 is 2. The van der Waals surface area contributed by atoms with Crippen LogP contribution >= 0.6 is 0 Å². The van der Waals surface area contributed by atoms with E-state index in [0.29, 0.717) is 29.8 Å². The van der Waals surface area contributed by atoms with Gasteiger partial charge in [-0.15, -0.1) is 0 Å². The number of allylic oxidation sites excluding steroid dienone is 1. The van der Waals surface area contributed by atoms with Gasteiger partial charge in [0.05, 0.1) is 44.4 Å². The molecule has 2 aromatic carbocycles. The summed E-state index contributed by atoms with van der Waals surface area (Å²) in [6, 6.07) is 13.4. The number of cyclic esters (lactones) is 1. The van der Waals surface area contributed by atoms with Crippen LogP contribution in [-0.4, -0.2) is 97.5 Å². The number of amides is 3. The third-order valence-electron chi connectivity index (χ3n) is 10.2. The molecule has 0 saturated carbocycles. The first-order chi connectivity index (χ1) is 24.6. The molecule has 6 rings (SSSR count). The summed E-state index contributed by atoms with van der Waals surface area (Å²) in [4.78, 5) is 60.6. The van der Waals surface area contributed by atoms with E-state index in [2.05, 4.69) is 5.32 Å². The van der Waals surface area contributed by atoms with Gasteiger partial charge in [-0.05, 0) is 48.6 Å². The van der Waals surface area contributed by atoms with Crippen molar-refractivity contribution in [1.82, 2.24) is 10.2 Å². The van der Waals surface area contributed by atoms with Crippen molar-refractivity contribution >= 4 is 29.4 Å². The van der Waals surface area contributed by atoms with Crippen LogP contribution in [0, 0.1) is 17.8 Å². The number of likely N-dealkylation sites (tertiary alicyclic amines) is 1. The van der Waals surface area contributed by atoms with Gasteiger partial charge in [-0.2, -0.15) is 0 Å². The van der Waals surface area contributed by atoms with Crippen LogP contribution < -0.4 is 15.0 Å². The van der Waals surface area contributed by atoms with E-state index in [1.165, 1.54) is 12.0 Å². The lowest BCUT2D eigenvalue weighted by atomic mass is 9.74. The fourth-order valence-electron chi connectivity index (χ4n) is 8.01. The number of carbonyl (C=O) groups is 4. The molecular formula is C39H47N3O9. The van der Waals surface area contributed by atoms with Crippen molar-refractivity contribution in [2.45, 2.75) is 69.0 Å². The van der Waals surface area contributed by atoms with Gasteiger partial charge in [0.1, 0.15) is 29.4 Å².